The monoisotopic (exact) mass is 247 g/mol. The van der Waals surface area contributed by atoms with Crippen LogP contribution < -0.4 is 5.32 Å². The molecule has 18 heavy (non-hydrogen) atoms. The van der Waals surface area contributed by atoms with Crippen LogP contribution in [0.5, 0.6) is 0 Å². The number of benzene rings is 1. The van der Waals surface area contributed by atoms with E-state index in [1.165, 1.54) is 17.5 Å². The molecule has 0 saturated heterocycles. The topological polar surface area (TPSA) is 12.0 Å². The van der Waals surface area contributed by atoms with Crippen LogP contribution in [0.4, 0.5) is 0 Å². The third kappa shape index (κ3) is 5.22. The molecule has 1 aromatic carbocycles. The van der Waals surface area contributed by atoms with E-state index in [2.05, 4.69) is 64.2 Å². The maximum absolute atomic E-state index is 3.62. The molecule has 0 aromatic heterocycles. The Bertz CT molecular complexity index is 341. The van der Waals surface area contributed by atoms with E-state index in [9.17, 15) is 0 Å². The first-order chi connectivity index (χ1) is 8.50. The van der Waals surface area contributed by atoms with E-state index >= 15 is 0 Å². The lowest BCUT2D eigenvalue weighted by Gasteiger charge is -2.22. The molecule has 1 N–H and O–H groups in total. The summed E-state index contributed by atoms with van der Waals surface area (Å²) >= 11 is 0. The van der Waals surface area contributed by atoms with Crippen LogP contribution >= 0.6 is 0 Å². The minimum atomic E-state index is 0.643. The van der Waals surface area contributed by atoms with Crippen LogP contribution in [-0.4, -0.2) is 13.1 Å². The maximum Gasteiger partial charge on any atom is 0.00204 e. The lowest BCUT2D eigenvalue weighted by molar-refractivity contribution is 0.451. The summed E-state index contributed by atoms with van der Waals surface area (Å²) in [6, 6.07) is 8.81. The molecule has 0 amide bonds. The molecule has 0 bridgehead atoms. The highest BCUT2D eigenvalue weighted by Crippen LogP contribution is 2.25. The molecule has 0 aliphatic rings. The fraction of sp³-hybridized carbons (Fsp3) is 0.647. The Labute approximate surface area is 113 Å². The van der Waals surface area contributed by atoms with Crippen molar-refractivity contribution in [3.05, 3.63) is 35.4 Å². The van der Waals surface area contributed by atoms with Gasteiger partial charge in [-0.05, 0) is 48.8 Å². The van der Waals surface area contributed by atoms with Crippen molar-refractivity contribution in [3.8, 4) is 0 Å². The van der Waals surface area contributed by atoms with E-state index in [1.807, 2.05) is 0 Å². The number of hydrogen-bond acceptors (Lipinski definition) is 1. The Morgan fingerprint density at radius 3 is 2.17 bits per heavy atom. The predicted molar refractivity (Wildman–Crippen MR) is 81.1 cm³/mol. The summed E-state index contributed by atoms with van der Waals surface area (Å²) in [4.78, 5) is 0. The van der Waals surface area contributed by atoms with Crippen LogP contribution in [0.25, 0.3) is 0 Å². The van der Waals surface area contributed by atoms with Gasteiger partial charge in [-0.1, -0.05) is 52.0 Å². The Kier molecular flexibility index (Phi) is 6.42. The molecule has 0 saturated carbocycles. The highest BCUT2D eigenvalue weighted by atomic mass is 14.9. The minimum Gasteiger partial charge on any atom is -0.316 e. The van der Waals surface area contributed by atoms with Gasteiger partial charge in [-0.2, -0.15) is 0 Å². The SMILES string of the molecule is Cc1ccccc1C(CNCC(C)C)CC(C)C. The molecule has 0 radical (unpaired) electrons. The van der Waals surface area contributed by atoms with Crippen LogP contribution in [-0.2, 0) is 0 Å². The second kappa shape index (κ2) is 7.58. The molecule has 0 heterocycles. The minimum absolute atomic E-state index is 0.643. The Hall–Kier alpha value is -0.820. The zero-order valence-corrected chi connectivity index (χ0v) is 12.7. The highest BCUT2D eigenvalue weighted by molar-refractivity contribution is 5.29. The second-order valence-corrected chi connectivity index (χ2v) is 6.24. The van der Waals surface area contributed by atoms with Crippen molar-refractivity contribution in [2.24, 2.45) is 11.8 Å². The van der Waals surface area contributed by atoms with Crippen LogP contribution in [0.1, 0.15) is 51.2 Å². The average Bonchev–Trinajstić information content (AvgIpc) is 2.27. The van der Waals surface area contributed by atoms with E-state index in [4.69, 9.17) is 0 Å². The first-order valence-electron chi connectivity index (χ1n) is 7.27. The third-order valence-electron chi connectivity index (χ3n) is 3.33. The van der Waals surface area contributed by atoms with Gasteiger partial charge in [0, 0.05) is 6.54 Å². The van der Waals surface area contributed by atoms with Crippen LogP contribution in [0.2, 0.25) is 0 Å². The third-order valence-corrected chi connectivity index (χ3v) is 3.33. The lowest BCUT2D eigenvalue weighted by Crippen LogP contribution is -2.26. The maximum atomic E-state index is 3.62. The zero-order valence-electron chi connectivity index (χ0n) is 12.7. The van der Waals surface area contributed by atoms with E-state index in [0.29, 0.717) is 5.92 Å². The average molecular weight is 247 g/mol. The molecule has 1 atom stereocenters. The predicted octanol–water partition coefficient (Wildman–Crippen LogP) is 4.37. The van der Waals surface area contributed by atoms with Crippen LogP contribution in [0.15, 0.2) is 24.3 Å². The van der Waals surface area contributed by atoms with Gasteiger partial charge in [0.05, 0.1) is 0 Å². The van der Waals surface area contributed by atoms with Crippen molar-refractivity contribution in [3.63, 3.8) is 0 Å². The van der Waals surface area contributed by atoms with Crippen LogP contribution in [0, 0.1) is 18.8 Å². The summed E-state index contributed by atoms with van der Waals surface area (Å²) < 4.78 is 0. The molecule has 0 fully saturated rings. The largest absolute Gasteiger partial charge is 0.316 e. The molecule has 1 unspecified atom stereocenters. The first kappa shape index (κ1) is 15.2. The standard InChI is InChI=1S/C17H29N/c1-13(2)10-16(12-18-11-14(3)4)17-9-7-6-8-15(17)5/h6-9,13-14,16,18H,10-12H2,1-5H3. The fourth-order valence-electron chi connectivity index (χ4n) is 2.48. The van der Waals surface area contributed by atoms with Crippen molar-refractivity contribution in [2.75, 3.05) is 13.1 Å². The zero-order chi connectivity index (χ0) is 13.5. The van der Waals surface area contributed by atoms with Crippen molar-refractivity contribution < 1.29 is 0 Å². The van der Waals surface area contributed by atoms with Gasteiger partial charge in [-0.3, -0.25) is 0 Å². The second-order valence-electron chi connectivity index (χ2n) is 6.24. The summed E-state index contributed by atoms with van der Waals surface area (Å²) in [7, 11) is 0. The van der Waals surface area contributed by atoms with E-state index in [1.54, 1.807) is 0 Å². The molecular weight excluding hydrogens is 218 g/mol. The first-order valence-corrected chi connectivity index (χ1v) is 7.27. The summed E-state index contributed by atoms with van der Waals surface area (Å²) in [6.07, 6.45) is 1.26. The molecule has 1 nitrogen and oxygen atoms in total. The summed E-state index contributed by atoms with van der Waals surface area (Å²) in [5, 5.41) is 3.62. The van der Waals surface area contributed by atoms with Gasteiger partial charge in [-0.15, -0.1) is 0 Å². The molecule has 0 spiro atoms. The number of aryl methyl sites for hydroxylation is 1. The smallest absolute Gasteiger partial charge is 0.00204 e. The Morgan fingerprint density at radius 1 is 0.944 bits per heavy atom. The molecule has 0 aliphatic heterocycles. The molecule has 0 aliphatic carbocycles. The van der Waals surface area contributed by atoms with Gasteiger partial charge in [0.2, 0.25) is 0 Å². The summed E-state index contributed by atoms with van der Waals surface area (Å²) in [5.74, 6) is 2.11. The van der Waals surface area contributed by atoms with Crippen molar-refractivity contribution in [1.29, 1.82) is 0 Å². The number of nitrogens with one attached hydrogen (secondary N) is 1. The Balaban J connectivity index is 2.69. The van der Waals surface area contributed by atoms with Crippen molar-refractivity contribution in [2.45, 2.75) is 47.0 Å². The highest BCUT2D eigenvalue weighted by Gasteiger charge is 2.15. The van der Waals surface area contributed by atoms with Gasteiger partial charge in [-0.25, -0.2) is 0 Å². The number of hydrogen-bond donors (Lipinski definition) is 1. The normalized spacial score (nSPS) is 13.3. The van der Waals surface area contributed by atoms with Gasteiger partial charge in [0.15, 0.2) is 0 Å². The molecular formula is C17H29N. The van der Waals surface area contributed by atoms with Crippen molar-refractivity contribution in [1.82, 2.24) is 5.32 Å². The quantitative estimate of drug-likeness (QED) is 0.754. The van der Waals surface area contributed by atoms with E-state index < -0.39 is 0 Å². The summed E-state index contributed by atoms with van der Waals surface area (Å²) in [5.41, 5.74) is 2.94. The number of rotatable bonds is 7. The molecule has 1 rings (SSSR count). The van der Waals surface area contributed by atoms with E-state index in [-0.39, 0.29) is 0 Å². The fourth-order valence-corrected chi connectivity index (χ4v) is 2.48. The lowest BCUT2D eigenvalue weighted by atomic mass is 9.87. The molecule has 1 heteroatoms. The molecule has 102 valence electrons. The van der Waals surface area contributed by atoms with Crippen LogP contribution in [0.3, 0.4) is 0 Å². The van der Waals surface area contributed by atoms with Gasteiger partial charge in [0.25, 0.3) is 0 Å². The van der Waals surface area contributed by atoms with Gasteiger partial charge >= 0.3 is 0 Å². The van der Waals surface area contributed by atoms with Crippen molar-refractivity contribution >= 4 is 0 Å². The van der Waals surface area contributed by atoms with E-state index in [0.717, 1.165) is 24.9 Å². The summed E-state index contributed by atoms with van der Waals surface area (Å²) in [6.45, 7) is 13.6. The Morgan fingerprint density at radius 2 is 1.61 bits per heavy atom. The van der Waals surface area contributed by atoms with Gasteiger partial charge in [0.1, 0.15) is 0 Å². The molecule has 1 aromatic rings. The van der Waals surface area contributed by atoms with Gasteiger partial charge < -0.3 is 5.32 Å².